The van der Waals surface area contributed by atoms with E-state index in [4.69, 9.17) is 5.32 Å². The number of hydrogen-bond donors (Lipinski definition) is 1. The molecule has 0 spiro atoms. The van der Waals surface area contributed by atoms with E-state index in [9.17, 15) is 0 Å². The molecule has 6 aromatic carbocycles. The van der Waals surface area contributed by atoms with E-state index < -0.39 is 0 Å². The van der Waals surface area contributed by atoms with Gasteiger partial charge in [0.2, 0.25) is 0 Å². The number of para-hydroxylation sites is 3. The van der Waals surface area contributed by atoms with Gasteiger partial charge in [0.25, 0.3) is 0 Å². The van der Waals surface area contributed by atoms with Crippen molar-refractivity contribution in [3.63, 3.8) is 0 Å². The van der Waals surface area contributed by atoms with E-state index in [1.807, 2.05) is 11.3 Å². The summed E-state index contributed by atoms with van der Waals surface area (Å²) in [4.78, 5) is 0. The van der Waals surface area contributed by atoms with E-state index in [-0.39, 0.29) is 12.1 Å². The molecule has 0 saturated heterocycles. The summed E-state index contributed by atoms with van der Waals surface area (Å²) in [7, 11) is 0. The van der Waals surface area contributed by atoms with Gasteiger partial charge < -0.3 is 15.2 Å². The van der Waals surface area contributed by atoms with Gasteiger partial charge in [-0.2, -0.15) is 0 Å². The second kappa shape index (κ2) is 10.2. The molecule has 0 bridgehead atoms. The molecule has 1 N–H and O–H groups in total. The molecule has 49 heavy (non-hydrogen) atoms. The third-order valence-corrected chi connectivity index (χ3v) is 11.4. The maximum absolute atomic E-state index is 5.17. The lowest BCUT2D eigenvalue weighted by atomic mass is 9.98. The number of thiophene rings is 1. The summed E-state index contributed by atoms with van der Waals surface area (Å²) in [5.41, 5.74) is 8.24. The van der Waals surface area contributed by atoms with E-state index in [1.165, 1.54) is 69.3 Å². The van der Waals surface area contributed by atoms with E-state index in [0.717, 1.165) is 17.2 Å². The molecule has 2 aliphatic rings. The van der Waals surface area contributed by atoms with Crippen LogP contribution in [0.25, 0.3) is 80.6 Å². The highest BCUT2D eigenvalue weighted by Crippen LogP contribution is 2.51. The van der Waals surface area contributed by atoms with Gasteiger partial charge in [0.05, 0.1) is 28.1 Å². The van der Waals surface area contributed by atoms with Gasteiger partial charge in [0, 0.05) is 47.4 Å². The molecule has 2 unspecified atom stereocenters. The molecule has 5 heterocycles. The average Bonchev–Trinajstić information content (AvgIpc) is 3.83. The Morgan fingerprint density at radius 2 is 1.18 bits per heavy atom. The first-order chi connectivity index (χ1) is 24.3. The van der Waals surface area contributed by atoms with Crippen LogP contribution in [-0.2, 0) is 0 Å². The Hall–Kier alpha value is -6.04. The van der Waals surface area contributed by atoms with E-state index in [2.05, 4.69) is 172 Å². The Morgan fingerprint density at radius 3 is 1.98 bits per heavy atom. The van der Waals surface area contributed by atoms with Crippen LogP contribution in [0.4, 0.5) is 0 Å². The highest BCUT2D eigenvalue weighted by atomic mass is 32.1. The van der Waals surface area contributed by atoms with Crippen LogP contribution in [-0.4, -0.2) is 15.2 Å². The lowest BCUT2D eigenvalue weighted by Crippen LogP contribution is -2.34. The molecule has 0 aliphatic carbocycles. The standard InChI is InChI=1S/C44H29N4S/c1-3-13-27(14-4-1)32-23-24-34-33(45-32)25-26-38(46-34)48-36-21-11-8-18-30(36)41-43(48)42-39(40-31-19-9-12-22-37(31)49-44(40)41)29-17-7-10-20-35(29)47(42)28-15-5-2-6-16-28/h1-26,32,34,46H/q-1. The van der Waals surface area contributed by atoms with Crippen LogP contribution in [0, 0.1) is 0 Å². The van der Waals surface area contributed by atoms with Gasteiger partial charge in [-0.05, 0) is 36.4 Å². The van der Waals surface area contributed by atoms with Gasteiger partial charge in [0.1, 0.15) is 5.82 Å². The average molecular weight is 646 g/mol. The maximum Gasteiger partial charge on any atom is 0.111 e. The zero-order valence-corrected chi connectivity index (χ0v) is 27.2. The van der Waals surface area contributed by atoms with Crippen molar-refractivity contribution in [3.8, 4) is 5.69 Å². The SMILES string of the molecule is C1=CC(c2ccccc2)[N-]C2=CC=C(n3c4ccccc4c4c5sc6ccccc6c5c5c6ccccc6n(-c6ccccc6)c5c43)NC12. The molecule has 5 heteroatoms. The molecule has 9 aromatic rings. The van der Waals surface area contributed by atoms with Crippen LogP contribution in [0.3, 0.4) is 0 Å². The molecule has 0 radical (unpaired) electrons. The second-order valence-electron chi connectivity index (χ2n) is 12.9. The number of fused-ring (bicyclic) bond motifs is 13. The van der Waals surface area contributed by atoms with Crippen molar-refractivity contribution in [2.24, 2.45) is 0 Å². The molecule has 2 atom stereocenters. The van der Waals surface area contributed by atoms with Crippen molar-refractivity contribution >= 4 is 80.9 Å². The number of nitrogens with zero attached hydrogens (tertiary/aromatic N) is 3. The Bertz CT molecular complexity index is 2880. The summed E-state index contributed by atoms with van der Waals surface area (Å²) in [6.07, 6.45) is 8.93. The fourth-order valence-corrected chi connectivity index (χ4v) is 9.46. The molecule has 11 rings (SSSR count). The number of aromatic nitrogens is 2. The minimum atomic E-state index is -0.0142. The second-order valence-corrected chi connectivity index (χ2v) is 14.0. The first kappa shape index (κ1) is 27.0. The molecule has 232 valence electrons. The Morgan fingerprint density at radius 1 is 0.551 bits per heavy atom. The predicted molar refractivity (Wildman–Crippen MR) is 208 cm³/mol. The summed E-state index contributed by atoms with van der Waals surface area (Å²) >= 11 is 1.91. The van der Waals surface area contributed by atoms with Gasteiger partial charge in [0.15, 0.2) is 0 Å². The number of benzene rings is 6. The normalized spacial score (nSPS) is 17.5. The first-order valence-corrected chi connectivity index (χ1v) is 17.6. The molecule has 3 aromatic heterocycles. The number of hydrogen-bond acceptors (Lipinski definition) is 2. The third-order valence-electron chi connectivity index (χ3n) is 10.3. The number of nitrogens with one attached hydrogen (secondary N) is 1. The van der Waals surface area contributed by atoms with Crippen LogP contribution in [0.1, 0.15) is 11.6 Å². The summed E-state index contributed by atoms with van der Waals surface area (Å²) in [6.45, 7) is 0. The third kappa shape index (κ3) is 3.79. The minimum absolute atomic E-state index is 0.0142. The van der Waals surface area contributed by atoms with Crippen LogP contribution in [0.5, 0.6) is 0 Å². The van der Waals surface area contributed by atoms with E-state index in [0.29, 0.717) is 0 Å². The minimum Gasteiger partial charge on any atom is -0.676 e. The fraction of sp³-hybridized carbons (Fsp3) is 0.0455. The lowest BCUT2D eigenvalue weighted by Gasteiger charge is -2.43. The topological polar surface area (TPSA) is 36.0 Å². The molecule has 0 saturated carbocycles. The van der Waals surface area contributed by atoms with Crippen molar-refractivity contribution in [3.05, 3.63) is 174 Å². The van der Waals surface area contributed by atoms with Crippen LogP contribution >= 0.6 is 11.3 Å². The molecular formula is C44H29N4S-. The zero-order chi connectivity index (χ0) is 32.1. The van der Waals surface area contributed by atoms with Gasteiger partial charge in [-0.15, -0.1) is 17.0 Å². The van der Waals surface area contributed by atoms with Crippen LogP contribution < -0.4 is 5.32 Å². The quantitative estimate of drug-likeness (QED) is 0.191. The van der Waals surface area contributed by atoms with Gasteiger partial charge in [-0.25, -0.2) is 0 Å². The lowest BCUT2D eigenvalue weighted by molar-refractivity contribution is 0.739. The molecular weight excluding hydrogens is 617 g/mol. The smallest absolute Gasteiger partial charge is 0.111 e. The molecule has 2 aliphatic heterocycles. The van der Waals surface area contributed by atoms with Crippen molar-refractivity contribution in [2.75, 3.05) is 0 Å². The molecule has 4 nitrogen and oxygen atoms in total. The van der Waals surface area contributed by atoms with Crippen LogP contribution in [0.2, 0.25) is 0 Å². The Labute approximate surface area is 286 Å². The van der Waals surface area contributed by atoms with Crippen molar-refractivity contribution in [1.82, 2.24) is 14.5 Å². The molecule has 0 fully saturated rings. The largest absolute Gasteiger partial charge is 0.676 e. The zero-order valence-electron chi connectivity index (χ0n) is 26.4. The predicted octanol–water partition coefficient (Wildman–Crippen LogP) is 11.6. The van der Waals surface area contributed by atoms with Gasteiger partial charge in [-0.3, -0.25) is 4.57 Å². The molecule has 0 amide bonds. The highest BCUT2D eigenvalue weighted by molar-refractivity contribution is 7.27. The van der Waals surface area contributed by atoms with Crippen molar-refractivity contribution < 1.29 is 0 Å². The van der Waals surface area contributed by atoms with E-state index in [1.54, 1.807) is 0 Å². The van der Waals surface area contributed by atoms with Gasteiger partial charge in [-0.1, -0.05) is 133 Å². The Kier molecular flexibility index (Phi) is 5.63. The summed E-state index contributed by atoms with van der Waals surface area (Å²) in [5.74, 6) is 1.05. The van der Waals surface area contributed by atoms with Crippen molar-refractivity contribution in [1.29, 1.82) is 0 Å². The monoisotopic (exact) mass is 645 g/mol. The van der Waals surface area contributed by atoms with Crippen LogP contribution in [0.15, 0.2) is 163 Å². The van der Waals surface area contributed by atoms with Gasteiger partial charge >= 0.3 is 0 Å². The number of dihydropyridines is 1. The maximum atomic E-state index is 5.17. The highest BCUT2D eigenvalue weighted by Gasteiger charge is 2.28. The Balaban J connectivity index is 1.29. The fourth-order valence-electron chi connectivity index (χ4n) is 8.19. The van der Waals surface area contributed by atoms with E-state index >= 15 is 0 Å². The summed E-state index contributed by atoms with van der Waals surface area (Å²) < 4.78 is 7.60. The number of allylic oxidation sites excluding steroid dienone is 2. The van der Waals surface area contributed by atoms with Crippen molar-refractivity contribution in [2.45, 2.75) is 12.1 Å². The summed E-state index contributed by atoms with van der Waals surface area (Å²) in [6, 6.07) is 48.1. The first-order valence-electron chi connectivity index (χ1n) is 16.8. The summed E-state index contributed by atoms with van der Waals surface area (Å²) in [5, 5.41) is 16.9. The number of rotatable bonds is 3.